The standard InChI is InChI=1S/C9H19NS/c1-5-9(10-4)7-11-6-8(2)3/h5,8-10H,1,6-7H2,2-4H3. The Morgan fingerprint density at radius 2 is 2.09 bits per heavy atom. The van der Waals surface area contributed by atoms with Crippen molar-refractivity contribution in [2.75, 3.05) is 18.6 Å². The zero-order chi connectivity index (χ0) is 8.69. The van der Waals surface area contributed by atoms with Gasteiger partial charge in [-0.15, -0.1) is 6.58 Å². The van der Waals surface area contributed by atoms with Gasteiger partial charge in [-0.1, -0.05) is 19.9 Å². The van der Waals surface area contributed by atoms with Crippen LogP contribution in [0.5, 0.6) is 0 Å². The second-order valence-corrected chi connectivity index (χ2v) is 4.14. The van der Waals surface area contributed by atoms with E-state index in [2.05, 4.69) is 25.7 Å². The summed E-state index contributed by atoms with van der Waals surface area (Å²) in [5, 5.41) is 3.19. The van der Waals surface area contributed by atoms with Crippen LogP contribution in [-0.2, 0) is 0 Å². The van der Waals surface area contributed by atoms with Gasteiger partial charge in [0.1, 0.15) is 0 Å². The highest BCUT2D eigenvalue weighted by Gasteiger charge is 2.00. The van der Waals surface area contributed by atoms with E-state index < -0.39 is 0 Å². The van der Waals surface area contributed by atoms with E-state index in [-0.39, 0.29) is 0 Å². The van der Waals surface area contributed by atoms with E-state index in [1.54, 1.807) is 0 Å². The Balaban J connectivity index is 3.28. The van der Waals surface area contributed by atoms with Gasteiger partial charge in [0.25, 0.3) is 0 Å². The number of thioether (sulfide) groups is 1. The van der Waals surface area contributed by atoms with E-state index in [1.807, 2.05) is 24.9 Å². The third-order valence-corrected chi connectivity index (χ3v) is 2.90. The highest BCUT2D eigenvalue weighted by Crippen LogP contribution is 2.08. The van der Waals surface area contributed by atoms with Gasteiger partial charge in [-0.3, -0.25) is 0 Å². The predicted molar refractivity (Wildman–Crippen MR) is 55.2 cm³/mol. The molecule has 0 aromatic rings. The van der Waals surface area contributed by atoms with Gasteiger partial charge in [0.2, 0.25) is 0 Å². The molecule has 0 aliphatic rings. The Morgan fingerprint density at radius 3 is 2.45 bits per heavy atom. The molecule has 0 spiro atoms. The molecule has 0 aliphatic heterocycles. The average molecular weight is 173 g/mol. The van der Waals surface area contributed by atoms with Crippen LogP contribution < -0.4 is 5.32 Å². The first kappa shape index (κ1) is 11.1. The lowest BCUT2D eigenvalue weighted by molar-refractivity contribution is 0.727. The first-order chi connectivity index (χ1) is 5.20. The van der Waals surface area contributed by atoms with Crippen molar-refractivity contribution in [3.05, 3.63) is 12.7 Å². The molecular formula is C9H19NS. The largest absolute Gasteiger partial charge is 0.313 e. The molecule has 2 heteroatoms. The van der Waals surface area contributed by atoms with Gasteiger partial charge < -0.3 is 5.32 Å². The van der Waals surface area contributed by atoms with Crippen LogP contribution in [0, 0.1) is 5.92 Å². The molecular weight excluding hydrogens is 154 g/mol. The maximum atomic E-state index is 3.75. The molecule has 1 N–H and O–H groups in total. The van der Waals surface area contributed by atoms with Crippen LogP contribution in [0.25, 0.3) is 0 Å². The molecule has 1 nitrogen and oxygen atoms in total. The molecule has 0 aromatic carbocycles. The van der Waals surface area contributed by atoms with Crippen molar-refractivity contribution in [1.29, 1.82) is 0 Å². The van der Waals surface area contributed by atoms with E-state index in [1.165, 1.54) is 5.75 Å². The predicted octanol–water partition coefficient (Wildman–Crippen LogP) is 2.15. The molecule has 66 valence electrons. The third kappa shape index (κ3) is 6.45. The average Bonchev–Trinajstić information content (AvgIpc) is 1.98. The molecule has 1 atom stereocenters. The van der Waals surface area contributed by atoms with E-state index in [4.69, 9.17) is 0 Å². The van der Waals surface area contributed by atoms with Gasteiger partial charge in [-0.25, -0.2) is 0 Å². The van der Waals surface area contributed by atoms with Crippen LogP contribution in [0.15, 0.2) is 12.7 Å². The molecule has 0 saturated heterocycles. The SMILES string of the molecule is C=CC(CSCC(C)C)NC. The van der Waals surface area contributed by atoms with Crippen molar-refractivity contribution >= 4 is 11.8 Å². The quantitative estimate of drug-likeness (QED) is 0.618. The Bertz CT molecular complexity index is 102. The van der Waals surface area contributed by atoms with Crippen LogP contribution in [0.4, 0.5) is 0 Å². The summed E-state index contributed by atoms with van der Waals surface area (Å²) in [6.45, 7) is 8.24. The van der Waals surface area contributed by atoms with Gasteiger partial charge in [0.15, 0.2) is 0 Å². The van der Waals surface area contributed by atoms with Crippen molar-refractivity contribution in [2.24, 2.45) is 5.92 Å². The Kier molecular flexibility index (Phi) is 6.77. The first-order valence-corrected chi connectivity index (χ1v) is 5.23. The topological polar surface area (TPSA) is 12.0 Å². The second kappa shape index (κ2) is 6.74. The summed E-state index contributed by atoms with van der Waals surface area (Å²) >= 11 is 1.98. The van der Waals surface area contributed by atoms with E-state index >= 15 is 0 Å². The number of rotatable bonds is 6. The Labute approximate surface area is 74.6 Å². The summed E-state index contributed by atoms with van der Waals surface area (Å²) in [5.41, 5.74) is 0. The van der Waals surface area contributed by atoms with Gasteiger partial charge in [-0.2, -0.15) is 11.8 Å². The molecule has 0 radical (unpaired) electrons. The summed E-state index contributed by atoms with van der Waals surface area (Å²) in [4.78, 5) is 0. The Morgan fingerprint density at radius 1 is 1.45 bits per heavy atom. The van der Waals surface area contributed by atoms with Gasteiger partial charge in [0, 0.05) is 11.8 Å². The number of likely N-dealkylation sites (N-methyl/N-ethyl adjacent to an activating group) is 1. The monoisotopic (exact) mass is 173 g/mol. The molecule has 0 heterocycles. The second-order valence-electron chi connectivity index (χ2n) is 3.06. The fraction of sp³-hybridized carbons (Fsp3) is 0.778. The van der Waals surface area contributed by atoms with Crippen molar-refractivity contribution in [2.45, 2.75) is 19.9 Å². The third-order valence-electron chi connectivity index (χ3n) is 1.40. The maximum absolute atomic E-state index is 3.75. The minimum atomic E-state index is 0.471. The summed E-state index contributed by atoms with van der Waals surface area (Å²) in [6, 6.07) is 0.471. The molecule has 0 aliphatic carbocycles. The highest BCUT2D eigenvalue weighted by atomic mass is 32.2. The van der Waals surface area contributed by atoms with E-state index in [9.17, 15) is 0 Å². The first-order valence-electron chi connectivity index (χ1n) is 4.08. The Hall–Kier alpha value is 0.0500. The molecule has 0 aromatic heterocycles. The van der Waals surface area contributed by atoms with Crippen LogP contribution in [0.2, 0.25) is 0 Å². The van der Waals surface area contributed by atoms with Crippen molar-refractivity contribution in [3.8, 4) is 0 Å². The molecule has 0 rings (SSSR count). The summed E-state index contributed by atoms with van der Waals surface area (Å²) in [7, 11) is 1.97. The molecule has 11 heavy (non-hydrogen) atoms. The normalized spacial score (nSPS) is 13.5. The lowest BCUT2D eigenvalue weighted by Gasteiger charge is -2.11. The molecule has 1 unspecified atom stereocenters. The lowest BCUT2D eigenvalue weighted by atomic mass is 10.3. The highest BCUT2D eigenvalue weighted by molar-refractivity contribution is 7.99. The molecule has 0 saturated carbocycles. The summed E-state index contributed by atoms with van der Waals surface area (Å²) in [5.74, 6) is 3.17. The molecule has 0 fully saturated rings. The minimum Gasteiger partial charge on any atom is -0.313 e. The van der Waals surface area contributed by atoms with Crippen molar-refractivity contribution in [1.82, 2.24) is 5.32 Å². The molecule has 0 amide bonds. The van der Waals surface area contributed by atoms with Crippen molar-refractivity contribution in [3.63, 3.8) is 0 Å². The number of hydrogen-bond donors (Lipinski definition) is 1. The van der Waals surface area contributed by atoms with Gasteiger partial charge >= 0.3 is 0 Å². The van der Waals surface area contributed by atoms with Crippen LogP contribution >= 0.6 is 11.8 Å². The zero-order valence-electron chi connectivity index (χ0n) is 7.76. The maximum Gasteiger partial charge on any atom is 0.0335 e. The molecule has 0 bridgehead atoms. The zero-order valence-corrected chi connectivity index (χ0v) is 8.58. The van der Waals surface area contributed by atoms with Crippen LogP contribution in [0.1, 0.15) is 13.8 Å². The summed E-state index contributed by atoms with van der Waals surface area (Å²) in [6.07, 6.45) is 1.97. The van der Waals surface area contributed by atoms with Crippen LogP contribution in [-0.4, -0.2) is 24.6 Å². The van der Waals surface area contributed by atoms with Gasteiger partial charge in [-0.05, 0) is 18.7 Å². The smallest absolute Gasteiger partial charge is 0.0335 e. The fourth-order valence-corrected chi connectivity index (χ4v) is 1.86. The van der Waals surface area contributed by atoms with E-state index in [0.29, 0.717) is 6.04 Å². The van der Waals surface area contributed by atoms with Gasteiger partial charge in [0.05, 0.1) is 0 Å². The summed E-state index contributed by atoms with van der Waals surface area (Å²) < 4.78 is 0. The van der Waals surface area contributed by atoms with E-state index in [0.717, 1.165) is 11.7 Å². The number of nitrogens with one attached hydrogen (secondary N) is 1. The van der Waals surface area contributed by atoms with Crippen LogP contribution in [0.3, 0.4) is 0 Å². The fourth-order valence-electron chi connectivity index (χ4n) is 0.700. The lowest BCUT2D eigenvalue weighted by Crippen LogP contribution is -2.25. The number of hydrogen-bond acceptors (Lipinski definition) is 2. The minimum absolute atomic E-state index is 0.471. The van der Waals surface area contributed by atoms with Crippen molar-refractivity contribution < 1.29 is 0 Å².